The highest BCUT2D eigenvalue weighted by molar-refractivity contribution is 7.91. The van der Waals surface area contributed by atoms with Gasteiger partial charge < -0.3 is 14.1 Å². The Morgan fingerprint density at radius 3 is 2.73 bits per heavy atom. The minimum Gasteiger partial charge on any atom is -0.479 e. The monoisotopic (exact) mass is 397 g/mol. The van der Waals surface area contributed by atoms with Gasteiger partial charge in [0.05, 0.1) is 29.3 Å². The maximum absolute atomic E-state index is 13.0. The summed E-state index contributed by atoms with van der Waals surface area (Å²) in [5.41, 5.74) is 0. The summed E-state index contributed by atoms with van der Waals surface area (Å²) in [4.78, 5) is 14.5. The van der Waals surface area contributed by atoms with Crippen molar-refractivity contribution in [1.82, 2.24) is 4.90 Å². The van der Waals surface area contributed by atoms with E-state index in [0.717, 1.165) is 0 Å². The molecule has 1 fully saturated rings. The molecule has 2 heterocycles. The van der Waals surface area contributed by atoms with Crippen molar-refractivity contribution in [3.8, 4) is 5.75 Å². The van der Waals surface area contributed by atoms with Gasteiger partial charge in [0.15, 0.2) is 15.9 Å². The van der Waals surface area contributed by atoms with Gasteiger partial charge in [-0.3, -0.25) is 4.79 Å². The molecule has 1 aromatic carbocycles. The van der Waals surface area contributed by atoms with Crippen LogP contribution in [0.5, 0.6) is 5.75 Å². The molecule has 0 bridgehead atoms. The Balaban J connectivity index is 1.78. The van der Waals surface area contributed by atoms with Crippen LogP contribution in [0, 0.1) is 0 Å². The van der Waals surface area contributed by atoms with Gasteiger partial charge in [0.2, 0.25) is 0 Å². The number of hydrogen-bond donors (Lipinski definition) is 0. The van der Waals surface area contributed by atoms with Crippen molar-refractivity contribution in [2.24, 2.45) is 0 Å². The van der Waals surface area contributed by atoms with Gasteiger partial charge in [-0.1, -0.05) is 23.7 Å². The highest BCUT2D eigenvalue weighted by Crippen LogP contribution is 2.26. The van der Waals surface area contributed by atoms with Gasteiger partial charge in [0, 0.05) is 6.04 Å². The summed E-state index contributed by atoms with van der Waals surface area (Å²) in [6.07, 6.45) is 1.12. The van der Waals surface area contributed by atoms with E-state index in [0.29, 0.717) is 23.0 Å². The summed E-state index contributed by atoms with van der Waals surface area (Å²) < 4.78 is 34.8. The van der Waals surface area contributed by atoms with Crippen LogP contribution in [-0.2, 0) is 21.2 Å². The number of hydrogen-bond acceptors (Lipinski definition) is 5. The molecule has 1 aliphatic heterocycles. The molecule has 2 aromatic rings. The SMILES string of the molecule is C[C@@H](Oc1ccccc1Cl)C(=O)N(Cc1ccco1)[C@H]1CCS(=O)(=O)C1. The van der Waals surface area contributed by atoms with Crippen LogP contribution < -0.4 is 4.74 Å². The number of sulfone groups is 1. The van der Waals surface area contributed by atoms with Crippen LogP contribution in [-0.4, -0.2) is 42.9 Å². The first-order valence-electron chi connectivity index (χ1n) is 8.30. The summed E-state index contributed by atoms with van der Waals surface area (Å²) in [5, 5.41) is 0.410. The number of nitrogens with zero attached hydrogens (tertiary/aromatic N) is 1. The molecule has 0 N–H and O–H groups in total. The summed E-state index contributed by atoms with van der Waals surface area (Å²) in [6, 6.07) is 9.99. The summed E-state index contributed by atoms with van der Waals surface area (Å²) in [5.74, 6) is 0.737. The molecule has 0 saturated carbocycles. The lowest BCUT2D eigenvalue weighted by Gasteiger charge is -2.30. The first kappa shape index (κ1) is 18.8. The Morgan fingerprint density at radius 1 is 1.35 bits per heavy atom. The van der Waals surface area contributed by atoms with Crippen molar-refractivity contribution in [3.63, 3.8) is 0 Å². The van der Waals surface area contributed by atoms with Gasteiger partial charge in [0.25, 0.3) is 5.91 Å². The topological polar surface area (TPSA) is 76.8 Å². The highest BCUT2D eigenvalue weighted by atomic mass is 35.5. The first-order chi connectivity index (χ1) is 12.4. The Bertz CT molecular complexity index is 865. The number of halogens is 1. The first-order valence-corrected chi connectivity index (χ1v) is 10.5. The van der Waals surface area contributed by atoms with E-state index in [-0.39, 0.29) is 24.0 Å². The fourth-order valence-corrected chi connectivity index (χ4v) is 4.90. The number of para-hydroxylation sites is 1. The molecule has 8 heteroatoms. The second-order valence-electron chi connectivity index (χ2n) is 6.29. The third-order valence-corrected chi connectivity index (χ3v) is 6.39. The van der Waals surface area contributed by atoms with Crippen molar-refractivity contribution in [2.75, 3.05) is 11.5 Å². The maximum atomic E-state index is 13.0. The summed E-state index contributed by atoms with van der Waals surface area (Å²) in [6.45, 7) is 1.83. The van der Waals surface area contributed by atoms with Crippen LogP contribution in [0.25, 0.3) is 0 Å². The van der Waals surface area contributed by atoms with Gasteiger partial charge in [-0.05, 0) is 37.6 Å². The zero-order chi connectivity index (χ0) is 18.7. The Morgan fingerprint density at radius 2 is 2.12 bits per heavy atom. The number of rotatable bonds is 6. The molecule has 1 aliphatic rings. The summed E-state index contributed by atoms with van der Waals surface area (Å²) >= 11 is 6.09. The van der Waals surface area contributed by atoms with Crippen LogP contribution in [0.2, 0.25) is 5.02 Å². The van der Waals surface area contributed by atoms with Crippen molar-refractivity contribution in [3.05, 3.63) is 53.4 Å². The second-order valence-corrected chi connectivity index (χ2v) is 8.93. The third kappa shape index (κ3) is 4.40. The van der Waals surface area contributed by atoms with E-state index >= 15 is 0 Å². The molecular formula is C18H20ClNO5S. The highest BCUT2D eigenvalue weighted by Gasteiger charge is 2.37. The Hall–Kier alpha value is -1.99. The van der Waals surface area contributed by atoms with Crippen molar-refractivity contribution in [2.45, 2.75) is 32.0 Å². The molecule has 140 valence electrons. The Kier molecular flexibility index (Phi) is 5.58. The molecule has 3 rings (SSSR count). The van der Waals surface area contributed by atoms with Gasteiger partial charge >= 0.3 is 0 Å². The summed E-state index contributed by atoms with van der Waals surface area (Å²) in [7, 11) is -3.13. The number of amides is 1. The molecule has 1 aromatic heterocycles. The standard InChI is InChI=1S/C18H20ClNO5S/c1-13(25-17-7-3-2-6-16(17)19)18(21)20(11-15-5-4-9-24-15)14-8-10-26(22,23)12-14/h2-7,9,13-14H,8,10-12H2,1H3/t13-,14+/m1/s1. The normalized spacial score (nSPS) is 19.8. The van der Waals surface area contributed by atoms with Crippen molar-refractivity contribution in [1.29, 1.82) is 0 Å². The quantitative estimate of drug-likeness (QED) is 0.749. The lowest BCUT2D eigenvalue weighted by atomic mass is 10.2. The molecule has 0 spiro atoms. The van der Waals surface area contributed by atoms with Gasteiger partial charge in [-0.2, -0.15) is 0 Å². The molecule has 26 heavy (non-hydrogen) atoms. The minimum atomic E-state index is -3.13. The molecular weight excluding hydrogens is 378 g/mol. The van der Waals surface area contributed by atoms with E-state index in [1.165, 1.54) is 11.2 Å². The van der Waals surface area contributed by atoms with E-state index in [2.05, 4.69) is 0 Å². The maximum Gasteiger partial charge on any atom is 0.264 e. The molecule has 0 aliphatic carbocycles. The Labute approximate surface area is 157 Å². The molecule has 1 amide bonds. The lowest BCUT2D eigenvalue weighted by Crippen LogP contribution is -2.46. The fourth-order valence-electron chi connectivity index (χ4n) is 2.99. The minimum absolute atomic E-state index is 0.0434. The average Bonchev–Trinajstić information content (AvgIpc) is 3.23. The number of carbonyl (C=O) groups is 1. The van der Waals surface area contributed by atoms with Gasteiger partial charge in [-0.25, -0.2) is 8.42 Å². The van der Waals surface area contributed by atoms with E-state index in [9.17, 15) is 13.2 Å². The predicted molar refractivity (Wildman–Crippen MR) is 97.9 cm³/mol. The molecule has 1 saturated heterocycles. The second kappa shape index (κ2) is 7.72. The molecule has 0 radical (unpaired) electrons. The van der Waals surface area contributed by atoms with Crippen LogP contribution in [0.1, 0.15) is 19.1 Å². The zero-order valence-corrected chi connectivity index (χ0v) is 15.9. The number of ether oxygens (including phenoxy) is 1. The van der Waals surface area contributed by atoms with Gasteiger partial charge in [0.1, 0.15) is 11.5 Å². The van der Waals surface area contributed by atoms with E-state index in [1.54, 1.807) is 43.3 Å². The van der Waals surface area contributed by atoms with E-state index in [4.69, 9.17) is 20.8 Å². The van der Waals surface area contributed by atoms with Crippen molar-refractivity contribution >= 4 is 27.3 Å². The van der Waals surface area contributed by atoms with Crippen LogP contribution in [0.4, 0.5) is 0 Å². The number of furan rings is 1. The lowest BCUT2D eigenvalue weighted by molar-refractivity contribution is -0.140. The fraction of sp³-hybridized carbons (Fsp3) is 0.389. The van der Waals surface area contributed by atoms with E-state index < -0.39 is 22.0 Å². The third-order valence-electron chi connectivity index (χ3n) is 4.33. The average molecular weight is 398 g/mol. The van der Waals surface area contributed by atoms with E-state index in [1.807, 2.05) is 0 Å². The van der Waals surface area contributed by atoms with Crippen LogP contribution in [0.15, 0.2) is 47.1 Å². The largest absolute Gasteiger partial charge is 0.479 e. The molecule has 2 atom stereocenters. The molecule has 0 unspecified atom stereocenters. The van der Waals surface area contributed by atoms with Crippen LogP contribution >= 0.6 is 11.6 Å². The molecule has 6 nitrogen and oxygen atoms in total. The smallest absolute Gasteiger partial charge is 0.264 e. The van der Waals surface area contributed by atoms with Crippen LogP contribution in [0.3, 0.4) is 0 Å². The van der Waals surface area contributed by atoms with Crippen molar-refractivity contribution < 1.29 is 22.4 Å². The number of benzene rings is 1. The predicted octanol–water partition coefficient (Wildman–Crippen LogP) is 2.92. The number of carbonyl (C=O) groups excluding carboxylic acids is 1. The zero-order valence-electron chi connectivity index (χ0n) is 14.3. The van der Waals surface area contributed by atoms with Gasteiger partial charge in [-0.15, -0.1) is 0 Å².